The first-order valence-corrected chi connectivity index (χ1v) is 7.61. The van der Waals surface area contributed by atoms with E-state index in [1.165, 1.54) is 0 Å². The summed E-state index contributed by atoms with van der Waals surface area (Å²) in [4.78, 5) is 14.0. The molecule has 3 rings (SSSR count). The highest BCUT2D eigenvalue weighted by atomic mass is 32.1. The van der Waals surface area contributed by atoms with Crippen LogP contribution in [0.2, 0.25) is 0 Å². The second-order valence-electron chi connectivity index (χ2n) is 5.44. The molecule has 0 unspecified atom stereocenters. The summed E-state index contributed by atoms with van der Waals surface area (Å²) in [5, 5.41) is 4.04. The molecule has 2 saturated heterocycles. The Labute approximate surface area is 117 Å². The number of carbonyl (C=O) groups is 1. The third-order valence-electron chi connectivity index (χ3n) is 4.03. The zero-order valence-electron chi connectivity index (χ0n) is 11.1. The molecule has 3 heterocycles. The Kier molecular flexibility index (Phi) is 3.60. The molecule has 0 radical (unpaired) electrons. The van der Waals surface area contributed by atoms with Crippen LogP contribution in [0.15, 0.2) is 16.8 Å². The zero-order valence-corrected chi connectivity index (χ0v) is 11.9. The van der Waals surface area contributed by atoms with Crippen molar-refractivity contribution in [1.82, 2.24) is 4.90 Å². The van der Waals surface area contributed by atoms with Crippen molar-refractivity contribution in [3.05, 3.63) is 22.4 Å². The van der Waals surface area contributed by atoms with E-state index in [2.05, 4.69) is 0 Å². The monoisotopic (exact) mass is 281 g/mol. The fourth-order valence-electron chi connectivity index (χ4n) is 2.91. The van der Waals surface area contributed by atoms with E-state index >= 15 is 0 Å². The van der Waals surface area contributed by atoms with Crippen LogP contribution in [0.1, 0.15) is 18.4 Å². The highest BCUT2D eigenvalue weighted by Crippen LogP contribution is 2.35. The quantitative estimate of drug-likeness (QED) is 0.846. The van der Waals surface area contributed by atoms with Gasteiger partial charge in [0, 0.05) is 20.1 Å². The molecule has 0 saturated carbocycles. The summed E-state index contributed by atoms with van der Waals surface area (Å²) in [5.74, 6) is 0.201. The van der Waals surface area contributed by atoms with Crippen LogP contribution in [-0.4, -0.2) is 49.3 Å². The molecular weight excluding hydrogens is 262 g/mol. The summed E-state index contributed by atoms with van der Waals surface area (Å²) in [5.41, 5.74) is 0.971. The van der Waals surface area contributed by atoms with Crippen molar-refractivity contribution in [3.8, 4) is 0 Å². The lowest BCUT2D eigenvalue weighted by atomic mass is 9.84. The number of methoxy groups -OCH3 is 1. The molecule has 0 N–H and O–H groups in total. The lowest BCUT2D eigenvalue weighted by molar-refractivity contribution is -0.198. The maximum absolute atomic E-state index is 12.1. The number of nitrogens with zero attached hydrogens (tertiary/aromatic N) is 1. The first-order chi connectivity index (χ1) is 9.21. The van der Waals surface area contributed by atoms with E-state index in [-0.39, 0.29) is 17.6 Å². The van der Waals surface area contributed by atoms with Crippen LogP contribution in [-0.2, 0) is 20.7 Å². The van der Waals surface area contributed by atoms with E-state index in [0.717, 1.165) is 38.1 Å². The minimum atomic E-state index is -0.136. The Morgan fingerprint density at radius 2 is 2.47 bits per heavy atom. The van der Waals surface area contributed by atoms with Gasteiger partial charge in [0.1, 0.15) is 5.60 Å². The molecule has 1 spiro atoms. The number of amides is 1. The van der Waals surface area contributed by atoms with Crippen LogP contribution in [0.25, 0.3) is 0 Å². The van der Waals surface area contributed by atoms with Gasteiger partial charge in [-0.1, -0.05) is 0 Å². The van der Waals surface area contributed by atoms with Crippen molar-refractivity contribution >= 4 is 17.2 Å². The summed E-state index contributed by atoms with van der Waals surface area (Å²) in [7, 11) is 1.75. The van der Waals surface area contributed by atoms with E-state index in [1.807, 2.05) is 21.7 Å². The minimum absolute atomic E-state index is 0.136. The van der Waals surface area contributed by atoms with Gasteiger partial charge in [-0.15, -0.1) is 0 Å². The SMILES string of the molecule is CO[C@H]1CCOC2(C1)CN(C(=O)Cc1ccsc1)C2. The number of likely N-dealkylation sites (tertiary alicyclic amines) is 1. The van der Waals surface area contributed by atoms with Crippen molar-refractivity contribution < 1.29 is 14.3 Å². The van der Waals surface area contributed by atoms with Gasteiger partial charge in [-0.05, 0) is 28.8 Å². The number of carbonyl (C=O) groups excluding carboxylic acids is 1. The number of hydrogen-bond acceptors (Lipinski definition) is 4. The lowest BCUT2D eigenvalue weighted by Crippen LogP contribution is -2.67. The molecule has 1 aromatic heterocycles. The molecular formula is C14H19NO3S. The van der Waals surface area contributed by atoms with Crippen LogP contribution >= 0.6 is 11.3 Å². The van der Waals surface area contributed by atoms with Crippen molar-refractivity contribution in [2.45, 2.75) is 31.0 Å². The van der Waals surface area contributed by atoms with E-state index in [9.17, 15) is 4.79 Å². The molecule has 19 heavy (non-hydrogen) atoms. The molecule has 4 nitrogen and oxygen atoms in total. The molecule has 2 aliphatic heterocycles. The molecule has 0 aromatic carbocycles. The Hall–Kier alpha value is -0.910. The van der Waals surface area contributed by atoms with Crippen LogP contribution in [0.4, 0.5) is 0 Å². The average molecular weight is 281 g/mol. The van der Waals surface area contributed by atoms with Crippen LogP contribution in [0, 0.1) is 0 Å². The highest BCUT2D eigenvalue weighted by molar-refractivity contribution is 7.07. The van der Waals surface area contributed by atoms with E-state index in [1.54, 1.807) is 18.4 Å². The van der Waals surface area contributed by atoms with Gasteiger partial charge in [0.2, 0.25) is 5.91 Å². The molecule has 1 aromatic rings. The van der Waals surface area contributed by atoms with Gasteiger partial charge >= 0.3 is 0 Å². The van der Waals surface area contributed by atoms with Gasteiger partial charge in [-0.3, -0.25) is 4.79 Å². The largest absolute Gasteiger partial charge is 0.381 e. The van der Waals surface area contributed by atoms with Crippen LogP contribution in [0.3, 0.4) is 0 Å². The Bertz CT molecular complexity index is 440. The van der Waals surface area contributed by atoms with E-state index in [4.69, 9.17) is 9.47 Å². The third kappa shape index (κ3) is 2.68. The molecule has 0 bridgehead atoms. The summed E-state index contributed by atoms with van der Waals surface area (Å²) < 4.78 is 11.3. The summed E-state index contributed by atoms with van der Waals surface area (Å²) in [6, 6.07) is 2.01. The van der Waals surface area contributed by atoms with Gasteiger partial charge in [-0.25, -0.2) is 0 Å². The standard InChI is InChI=1S/C14H19NO3S/c1-17-12-2-4-18-14(7-12)9-15(10-14)13(16)6-11-3-5-19-8-11/h3,5,8,12H,2,4,6-7,9-10H2,1H3/t12-/m0/s1. The Morgan fingerprint density at radius 3 is 3.16 bits per heavy atom. The molecule has 0 aliphatic carbocycles. The topological polar surface area (TPSA) is 38.8 Å². The van der Waals surface area contributed by atoms with E-state index in [0.29, 0.717) is 6.42 Å². The number of thiophene rings is 1. The molecule has 2 aliphatic rings. The first kappa shape index (κ1) is 13.1. The van der Waals surface area contributed by atoms with Crippen molar-refractivity contribution in [2.24, 2.45) is 0 Å². The zero-order chi connectivity index (χ0) is 13.3. The predicted octanol–water partition coefficient (Wildman–Crippen LogP) is 1.70. The van der Waals surface area contributed by atoms with Crippen LogP contribution < -0.4 is 0 Å². The van der Waals surface area contributed by atoms with Gasteiger partial charge in [-0.2, -0.15) is 11.3 Å². The summed E-state index contributed by atoms with van der Waals surface area (Å²) >= 11 is 1.63. The van der Waals surface area contributed by atoms with E-state index < -0.39 is 0 Å². The molecule has 5 heteroatoms. The van der Waals surface area contributed by atoms with Crippen molar-refractivity contribution in [1.29, 1.82) is 0 Å². The highest BCUT2D eigenvalue weighted by Gasteiger charge is 2.49. The third-order valence-corrected chi connectivity index (χ3v) is 4.76. The summed E-state index contributed by atoms with van der Waals surface area (Å²) in [6.07, 6.45) is 2.66. The van der Waals surface area contributed by atoms with Crippen molar-refractivity contribution in [2.75, 3.05) is 26.8 Å². The second kappa shape index (κ2) is 5.23. The second-order valence-corrected chi connectivity index (χ2v) is 6.22. The van der Waals surface area contributed by atoms with Gasteiger partial charge < -0.3 is 14.4 Å². The molecule has 1 atom stereocenters. The van der Waals surface area contributed by atoms with Crippen LogP contribution in [0.5, 0.6) is 0 Å². The lowest BCUT2D eigenvalue weighted by Gasteiger charge is -2.52. The van der Waals surface area contributed by atoms with Gasteiger partial charge in [0.05, 0.1) is 25.6 Å². The minimum Gasteiger partial charge on any atom is -0.381 e. The maximum Gasteiger partial charge on any atom is 0.227 e. The normalized spacial score (nSPS) is 25.3. The van der Waals surface area contributed by atoms with Gasteiger partial charge in [0.25, 0.3) is 0 Å². The smallest absolute Gasteiger partial charge is 0.227 e. The Morgan fingerprint density at radius 1 is 1.63 bits per heavy atom. The molecule has 1 amide bonds. The number of ether oxygens (including phenoxy) is 2. The van der Waals surface area contributed by atoms with Crippen molar-refractivity contribution in [3.63, 3.8) is 0 Å². The molecule has 104 valence electrons. The summed E-state index contributed by atoms with van der Waals surface area (Å²) in [6.45, 7) is 2.18. The Balaban J connectivity index is 1.53. The van der Waals surface area contributed by atoms with Gasteiger partial charge in [0.15, 0.2) is 0 Å². The number of hydrogen-bond donors (Lipinski definition) is 0. The average Bonchev–Trinajstić information content (AvgIpc) is 2.88. The fourth-order valence-corrected chi connectivity index (χ4v) is 3.58. The first-order valence-electron chi connectivity index (χ1n) is 6.66. The molecule has 2 fully saturated rings. The predicted molar refractivity (Wildman–Crippen MR) is 73.3 cm³/mol. The number of rotatable bonds is 3. The maximum atomic E-state index is 12.1. The fraction of sp³-hybridized carbons (Fsp3) is 0.643.